The van der Waals surface area contributed by atoms with Crippen LogP contribution in [0.15, 0.2) is 42.6 Å². The van der Waals surface area contributed by atoms with Crippen LogP contribution in [0.25, 0.3) is 5.69 Å². The average molecular weight is 273 g/mol. The molecule has 5 heteroatoms. The molecule has 5 nitrogen and oxygen atoms in total. The maximum absolute atomic E-state index is 9.35. The summed E-state index contributed by atoms with van der Waals surface area (Å²) in [7, 11) is 0. The Kier molecular flexibility index (Phi) is 3.82. The summed E-state index contributed by atoms with van der Waals surface area (Å²) in [5, 5.41) is 17.2. The highest BCUT2D eigenvalue weighted by Crippen LogP contribution is 2.25. The standard InChI is InChI=1S/C15H19N3O2/c19-10-15(11-20-12-15)9-16-8-13-6-7-18(17-13)14-4-2-1-3-5-14/h1-7,16,19H,8-12H2. The zero-order chi connectivity index (χ0) is 13.8. The van der Waals surface area contributed by atoms with E-state index in [1.165, 1.54) is 0 Å². The molecule has 0 unspecified atom stereocenters. The van der Waals surface area contributed by atoms with E-state index >= 15 is 0 Å². The first-order chi connectivity index (χ1) is 9.81. The molecular formula is C15H19N3O2. The largest absolute Gasteiger partial charge is 0.396 e. The molecule has 1 aromatic heterocycles. The fourth-order valence-corrected chi connectivity index (χ4v) is 2.28. The Hall–Kier alpha value is -1.69. The Labute approximate surface area is 118 Å². The lowest BCUT2D eigenvalue weighted by Crippen LogP contribution is -2.52. The molecule has 1 fully saturated rings. The van der Waals surface area contributed by atoms with Gasteiger partial charge in [-0.05, 0) is 18.2 Å². The van der Waals surface area contributed by atoms with Gasteiger partial charge in [0, 0.05) is 19.3 Å². The zero-order valence-electron chi connectivity index (χ0n) is 11.3. The molecule has 20 heavy (non-hydrogen) atoms. The first-order valence-electron chi connectivity index (χ1n) is 6.81. The minimum absolute atomic E-state index is 0.0952. The van der Waals surface area contributed by atoms with Crippen LogP contribution in [-0.2, 0) is 11.3 Å². The lowest BCUT2D eigenvalue weighted by atomic mass is 9.87. The van der Waals surface area contributed by atoms with Gasteiger partial charge >= 0.3 is 0 Å². The maximum Gasteiger partial charge on any atom is 0.0766 e. The summed E-state index contributed by atoms with van der Waals surface area (Å²) in [5.41, 5.74) is 1.95. The highest BCUT2D eigenvalue weighted by Gasteiger charge is 2.37. The van der Waals surface area contributed by atoms with Crippen molar-refractivity contribution in [1.29, 1.82) is 0 Å². The normalized spacial score (nSPS) is 16.9. The molecule has 1 aliphatic rings. The van der Waals surface area contributed by atoms with Crippen LogP contribution in [-0.4, -0.2) is 41.3 Å². The van der Waals surface area contributed by atoms with Crippen LogP contribution in [0.4, 0.5) is 0 Å². The predicted molar refractivity (Wildman–Crippen MR) is 75.6 cm³/mol. The highest BCUT2D eigenvalue weighted by molar-refractivity contribution is 5.30. The van der Waals surface area contributed by atoms with E-state index in [4.69, 9.17) is 4.74 Å². The van der Waals surface area contributed by atoms with Crippen molar-refractivity contribution in [1.82, 2.24) is 15.1 Å². The topological polar surface area (TPSA) is 59.3 Å². The lowest BCUT2D eigenvalue weighted by Gasteiger charge is -2.39. The Morgan fingerprint density at radius 3 is 2.70 bits per heavy atom. The molecule has 2 N–H and O–H groups in total. The lowest BCUT2D eigenvalue weighted by molar-refractivity contribution is -0.134. The van der Waals surface area contributed by atoms with Crippen molar-refractivity contribution in [3.05, 3.63) is 48.3 Å². The van der Waals surface area contributed by atoms with Gasteiger partial charge in [-0.2, -0.15) is 5.10 Å². The van der Waals surface area contributed by atoms with E-state index in [1.54, 1.807) is 0 Å². The second-order valence-electron chi connectivity index (χ2n) is 5.34. The van der Waals surface area contributed by atoms with E-state index < -0.39 is 0 Å². The van der Waals surface area contributed by atoms with Gasteiger partial charge in [-0.3, -0.25) is 0 Å². The summed E-state index contributed by atoms with van der Waals surface area (Å²) in [5.74, 6) is 0. The fourth-order valence-electron chi connectivity index (χ4n) is 2.28. The molecule has 0 amide bonds. The second-order valence-corrected chi connectivity index (χ2v) is 5.34. The van der Waals surface area contributed by atoms with E-state index in [0.717, 1.165) is 17.9 Å². The number of benzene rings is 1. The van der Waals surface area contributed by atoms with Gasteiger partial charge in [0.15, 0.2) is 0 Å². The number of hydrogen-bond donors (Lipinski definition) is 2. The van der Waals surface area contributed by atoms with Gasteiger partial charge in [0.1, 0.15) is 0 Å². The molecule has 1 aliphatic heterocycles. The summed E-state index contributed by atoms with van der Waals surface area (Å²) in [6.07, 6.45) is 1.96. The molecule has 3 rings (SSSR count). The quantitative estimate of drug-likeness (QED) is 0.823. The molecular weight excluding hydrogens is 254 g/mol. The minimum Gasteiger partial charge on any atom is -0.396 e. The van der Waals surface area contributed by atoms with Gasteiger partial charge < -0.3 is 15.2 Å². The van der Waals surface area contributed by atoms with Crippen molar-refractivity contribution in [3.63, 3.8) is 0 Å². The summed E-state index contributed by atoms with van der Waals surface area (Å²) in [6, 6.07) is 12.0. The van der Waals surface area contributed by atoms with Crippen molar-refractivity contribution in [2.75, 3.05) is 26.4 Å². The Balaban J connectivity index is 1.55. The number of nitrogens with one attached hydrogen (secondary N) is 1. The van der Waals surface area contributed by atoms with Crippen molar-refractivity contribution in [2.45, 2.75) is 6.54 Å². The smallest absolute Gasteiger partial charge is 0.0766 e. The van der Waals surface area contributed by atoms with Crippen LogP contribution in [0, 0.1) is 5.41 Å². The van der Waals surface area contributed by atoms with Crippen molar-refractivity contribution < 1.29 is 9.84 Å². The zero-order valence-corrected chi connectivity index (χ0v) is 11.3. The SMILES string of the molecule is OCC1(CNCc2ccn(-c3ccccc3)n2)COC1. The van der Waals surface area contributed by atoms with E-state index in [-0.39, 0.29) is 12.0 Å². The van der Waals surface area contributed by atoms with Gasteiger partial charge in [0.2, 0.25) is 0 Å². The number of ether oxygens (including phenoxy) is 1. The van der Waals surface area contributed by atoms with Gasteiger partial charge in [-0.1, -0.05) is 18.2 Å². The van der Waals surface area contributed by atoms with Crippen LogP contribution in [0.1, 0.15) is 5.69 Å². The van der Waals surface area contributed by atoms with E-state index in [1.807, 2.05) is 47.3 Å². The molecule has 1 saturated heterocycles. The second kappa shape index (κ2) is 5.75. The number of nitrogens with zero attached hydrogens (tertiary/aromatic N) is 2. The van der Waals surface area contributed by atoms with E-state index in [2.05, 4.69) is 10.4 Å². The van der Waals surface area contributed by atoms with Crippen LogP contribution < -0.4 is 5.32 Å². The molecule has 0 bridgehead atoms. The number of aromatic nitrogens is 2. The van der Waals surface area contributed by atoms with E-state index in [9.17, 15) is 5.11 Å². The molecule has 0 spiro atoms. The Morgan fingerprint density at radius 1 is 1.25 bits per heavy atom. The number of hydrogen-bond acceptors (Lipinski definition) is 4. The van der Waals surface area contributed by atoms with Gasteiger partial charge in [-0.25, -0.2) is 4.68 Å². The summed E-state index contributed by atoms with van der Waals surface area (Å²) >= 11 is 0. The van der Waals surface area contributed by atoms with Crippen molar-refractivity contribution in [2.24, 2.45) is 5.41 Å². The number of rotatable bonds is 6. The highest BCUT2D eigenvalue weighted by atomic mass is 16.5. The average Bonchev–Trinajstić information content (AvgIpc) is 2.92. The number of para-hydroxylation sites is 1. The van der Waals surface area contributed by atoms with Crippen LogP contribution in [0.2, 0.25) is 0 Å². The van der Waals surface area contributed by atoms with Gasteiger partial charge in [-0.15, -0.1) is 0 Å². The van der Waals surface area contributed by atoms with Crippen molar-refractivity contribution >= 4 is 0 Å². The van der Waals surface area contributed by atoms with E-state index in [0.29, 0.717) is 19.8 Å². The summed E-state index contributed by atoms with van der Waals surface area (Å²) in [6.45, 7) is 2.88. The minimum atomic E-state index is -0.0952. The molecule has 0 aliphatic carbocycles. The maximum atomic E-state index is 9.35. The number of aliphatic hydroxyl groups excluding tert-OH is 1. The molecule has 0 radical (unpaired) electrons. The predicted octanol–water partition coefficient (Wildman–Crippen LogP) is 0.971. The van der Waals surface area contributed by atoms with Crippen LogP contribution in [0.5, 0.6) is 0 Å². The molecule has 0 saturated carbocycles. The third kappa shape index (κ3) is 2.75. The molecule has 0 atom stereocenters. The fraction of sp³-hybridized carbons (Fsp3) is 0.400. The third-order valence-electron chi connectivity index (χ3n) is 3.62. The monoisotopic (exact) mass is 273 g/mol. The molecule has 2 aromatic rings. The molecule has 2 heterocycles. The van der Waals surface area contributed by atoms with Gasteiger partial charge in [0.05, 0.1) is 36.6 Å². The number of aliphatic hydroxyl groups is 1. The first-order valence-corrected chi connectivity index (χ1v) is 6.81. The van der Waals surface area contributed by atoms with Crippen LogP contribution in [0.3, 0.4) is 0 Å². The Bertz CT molecular complexity index is 544. The summed E-state index contributed by atoms with van der Waals surface area (Å²) < 4.78 is 7.04. The summed E-state index contributed by atoms with van der Waals surface area (Å²) in [4.78, 5) is 0. The molecule has 1 aromatic carbocycles. The van der Waals surface area contributed by atoms with Crippen LogP contribution >= 0.6 is 0 Å². The first kappa shape index (κ1) is 13.3. The third-order valence-corrected chi connectivity index (χ3v) is 3.62. The van der Waals surface area contributed by atoms with Crippen molar-refractivity contribution in [3.8, 4) is 5.69 Å². The van der Waals surface area contributed by atoms with Gasteiger partial charge in [0.25, 0.3) is 0 Å². The molecule has 106 valence electrons. The Morgan fingerprint density at radius 2 is 2.05 bits per heavy atom.